The number of benzene rings is 2. The first-order valence-electron chi connectivity index (χ1n) is 6.30. The van der Waals surface area contributed by atoms with Crippen molar-refractivity contribution in [3.8, 4) is 5.75 Å². The lowest BCUT2D eigenvalue weighted by atomic mass is 10.3. The minimum absolute atomic E-state index is 0.0457. The summed E-state index contributed by atoms with van der Waals surface area (Å²) in [4.78, 5) is 0. The molecule has 0 bridgehead atoms. The van der Waals surface area contributed by atoms with Gasteiger partial charge in [0, 0.05) is 18.3 Å². The summed E-state index contributed by atoms with van der Waals surface area (Å²) in [6.45, 7) is -0.0723. The summed E-state index contributed by atoms with van der Waals surface area (Å²) in [7, 11) is 0. The maximum Gasteiger partial charge on any atom is 0.165 e. The van der Waals surface area contributed by atoms with E-state index in [1.807, 2.05) is 0 Å². The maximum absolute atomic E-state index is 13.3. The molecule has 2 N–H and O–H groups in total. The van der Waals surface area contributed by atoms with Gasteiger partial charge < -0.3 is 15.2 Å². The highest BCUT2D eigenvalue weighted by Gasteiger charge is 2.09. The predicted octanol–water partition coefficient (Wildman–Crippen LogP) is 2.96. The Bertz CT molecular complexity index is 607. The quantitative estimate of drug-likeness (QED) is 0.861. The molecule has 2 aromatic carbocycles. The molecule has 0 heterocycles. The Balaban J connectivity index is 1.81. The molecule has 0 saturated heterocycles. The second-order valence-electron chi connectivity index (χ2n) is 4.41. The van der Waals surface area contributed by atoms with Crippen molar-refractivity contribution >= 4 is 5.69 Å². The topological polar surface area (TPSA) is 41.5 Å². The van der Waals surface area contributed by atoms with Crippen molar-refractivity contribution < 1.29 is 23.0 Å². The molecule has 0 aliphatic heterocycles. The first kappa shape index (κ1) is 15.2. The van der Waals surface area contributed by atoms with Gasteiger partial charge >= 0.3 is 0 Å². The molecule has 1 atom stereocenters. The van der Waals surface area contributed by atoms with E-state index in [2.05, 4.69) is 5.32 Å². The number of ether oxygens (including phenoxy) is 1. The van der Waals surface area contributed by atoms with Crippen LogP contribution in [0.2, 0.25) is 0 Å². The lowest BCUT2D eigenvalue weighted by Crippen LogP contribution is -2.26. The number of anilines is 1. The molecule has 0 saturated carbocycles. The van der Waals surface area contributed by atoms with E-state index in [0.29, 0.717) is 5.69 Å². The number of aliphatic hydroxyl groups is 1. The summed E-state index contributed by atoms with van der Waals surface area (Å²) < 4.78 is 44.1. The van der Waals surface area contributed by atoms with Crippen LogP contribution in [0.3, 0.4) is 0 Å². The van der Waals surface area contributed by atoms with Gasteiger partial charge in [-0.25, -0.2) is 13.2 Å². The van der Waals surface area contributed by atoms with E-state index in [1.54, 1.807) is 6.07 Å². The predicted molar refractivity (Wildman–Crippen MR) is 72.7 cm³/mol. The molecule has 2 rings (SSSR count). The molecule has 0 aromatic heterocycles. The van der Waals surface area contributed by atoms with Gasteiger partial charge in [-0.2, -0.15) is 0 Å². The zero-order chi connectivity index (χ0) is 15.2. The maximum atomic E-state index is 13.3. The van der Waals surface area contributed by atoms with Gasteiger partial charge in [-0.05, 0) is 24.3 Å². The van der Waals surface area contributed by atoms with Crippen LogP contribution in [0, 0.1) is 17.5 Å². The molecule has 0 spiro atoms. The van der Waals surface area contributed by atoms with Gasteiger partial charge in [0.25, 0.3) is 0 Å². The highest BCUT2D eigenvalue weighted by molar-refractivity contribution is 5.43. The molecule has 0 fully saturated rings. The number of halogens is 3. The van der Waals surface area contributed by atoms with Crippen molar-refractivity contribution in [2.24, 2.45) is 0 Å². The van der Waals surface area contributed by atoms with Crippen LogP contribution in [0.1, 0.15) is 0 Å². The highest BCUT2D eigenvalue weighted by Crippen LogP contribution is 2.16. The molecule has 2 aromatic rings. The molecule has 0 amide bonds. The average Bonchev–Trinajstić information content (AvgIpc) is 2.47. The number of hydrogen-bond donors (Lipinski definition) is 2. The Morgan fingerprint density at radius 2 is 1.76 bits per heavy atom. The van der Waals surface area contributed by atoms with Crippen LogP contribution in [0.4, 0.5) is 18.9 Å². The number of aliphatic hydroxyl groups excluding tert-OH is 1. The molecule has 1 unspecified atom stereocenters. The molecular weight excluding hydrogens is 283 g/mol. The molecule has 6 heteroatoms. The lowest BCUT2D eigenvalue weighted by molar-refractivity contribution is 0.115. The van der Waals surface area contributed by atoms with E-state index < -0.39 is 23.6 Å². The summed E-state index contributed by atoms with van der Waals surface area (Å²) in [5, 5.41) is 12.4. The first-order valence-corrected chi connectivity index (χ1v) is 6.30. The third kappa shape index (κ3) is 4.39. The molecule has 3 nitrogen and oxygen atoms in total. The van der Waals surface area contributed by atoms with Crippen molar-refractivity contribution in [3.63, 3.8) is 0 Å². The van der Waals surface area contributed by atoms with Gasteiger partial charge in [0.2, 0.25) is 0 Å². The second kappa shape index (κ2) is 6.99. The molecule has 112 valence electrons. The molecule has 0 radical (unpaired) electrons. The van der Waals surface area contributed by atoms with Gasteiger partial charge in [-0.1, -0.05) is 12.1 Å². The van der Waals surface area contributed by atoms with Crippen molar-refractivity contribution in [1.82, 2.24) is 0 Å². The fourth-order valence-electron chi connectivity index (χ4n) is 1.65. The monoisotopic (exact) mass is 297 g/mol. The highest BCUT2D eigenvalue weighted by atomic mass is 19.2. The number of rotatable bonds is 6. The Hall–Kier alpha value is -2.21. The first-order chi connectivity index (χ1) is 10.1. The average molecular weight is 297 g/mol. The van der Waals surface area contributed by atoms with Crippen molar-refractivity contribution in [1.29, 1.82) is 0 Å². The van der Waals surface area contributed by atoms with E-state index in [4.69, 9.17) is 4.74 Å². The fourth-order valence-corrected chi connectivity index (χ4v) is 1.65. The zero-order valence-electron chi connectivity index (χ0n) is 11.0. The number of hydrogen-bond acceptors (Lipinski definition) is 3. The summed E-state index contributed by atoms with van der Waals surface area (Å²) in [6, 6.07) is 9.17. The standard InChI is InChI=1S/C15H14F3NO2/c16-12-6-5-10(7-14(12)18)19-8-11(20)9-21-15-4-2-1-3-13(15)17/h1-7,11,19-20H,8-9H2. The van der Waals surface area contributed by atoms with Gasteiger partial charge in [-0.15, -0.1) is 0 Å². The van der Waals surface area contributed by atoms with Crippen molar-refractivity contribution in [3.05, 3.63) is 59.9 Å². The summed E-state index contributed by atoms with van der Waals surface area (Å²) in [6.07, 6.45) is -0.933. The largest absolute Gasteiger partial charge is 0.488 e. The van der Waals surface area contributed by atoms with E-state index >= 15 is 0 Å². The minimum atomic E-state index is -0.975. The van der Waals surface area contributed by atoms with E-state index in [1.165, 1.54) is 24.3 Å². The second-order valence-corrected chi connectivity index (χ2v) is 4.41. The zero-order valence-corrected chi connectivity index (χ0v) is 11.0. The lowest BCUT2D eigenvalue weighted by Gasteiger charge is -2.14. The van der Waals surface area contributed by atoms with Crippen LogP contribution >= 0.6 is 0 Å². The van der Waals surface area contributed by atoms with E-state index in [-0.39, 0.29) is 18.9 Å². The Morgan fingerprint density at radius 3 is 2.48 bits per heavy atom. The van der Waals surface area contributed by atoms with Crippen LogP contribution in [0.5, 0.6) is 5.75 Å². The van der Waals surface area contributed by atoms with Crippen LogP contribution in [-0.2, 0) is 0 Å². The summed E-state index contributed by atoms with van der Waals surface area (Å²) in [5.41, 5.74) is 0.332. The van der Waals surface area contributed by atoms with Crippen LogP contribution < -0.4 is 10.1 Å². The number of para-hydroxylation sites is 1. The Morgan fingerprint density at radius 1 is 1.00 bits per heavy atom. The van der Waals surface area contributed by atoms with E-state index in [0.717, 1.165) is 12.1 Å². The summed E-state index contributed by atoms with van der Waals surface area (Å²) >= 11 is 0. The molecule has 0 aliphatic rings. The Labute approximate surface area is 120 Å². The van der Waals surface area contributed by atoms with Gasteiger partial charge in [-0.3, -0.25) is 0 Å². The van der Waals surface area contributed by atoms with Crippen LogP contribution in [0.25, 0.3) is 0 Å². The van der Waals surface area contributed by atoms with Crippen molar-refractivity contribution in [2.45, 2.75) is 6.10 Å². The molecule has 0 aliphatic carbocycles. The normalized spacial score (nSPS) is 12.0. The third-order valence-corrected chi connectivity index (χ3v) is 2.73. The minimum Gasteiger partial charge on any atom is -0.488 e. The van der Waals surface area contributed by atoms with E-state index in [9.17, 15) is 18.3 Å². The smallest absolute Gasteiger partial charge is 0.165 e. The molecular formula is C15H14F3NO2. The Kier molecular flexibility index (Phi) is 5.05. The SMILES string of the molecule is OC(CNc1ccc(F)c(F)c1)COc1ccccc1F. The fraction of sp³-hybridized carbons (Fsp3) is 0.200. The third-order valence-electron chi connectivity index (χ3n) is 2.73. The summed E-state index contributed by atoms with van der Waals surface area (Å²) in [5.74, 6) is -2.39. The number of nitrogens with one attached hydrogen (secondary N) is 1. The molecule has 21 heavy (non-hydrogen) atoms. The van der Waals surface area contributed by atoms with Gasteiger partial charge in [0.15, 0.2) is 23.2 Å². The van der Waals surface area contributed by atoms with Gasteiger partial charge in [0.05, 0.1) is 0 Å². The van der Waals surface area contributed by atoms with Gasteiger partial charge in [0.1, 0.15) is 12.7 Å². The van der Waals surface area contributed by atoms with Crippen LogP contribution in [0.15, 0.2) is 42.5 Å². The van der Waals surface area contributed by atoms with Crippen LogP contribution in [-0.4, -0.2) is 24.4 Å². The van der Waals surface area contributed by atoms with Crippen molar-refractivity contribution in [2.75, 3.05) is 18.5 Å².